The van der Waals surface area contributed by atoms with E-state index in [2.05, 4.69) is 15.2 Å². The number of aromatic nitrogens is 3. The first-order valence-electron chi connectivity index (χ1n) is 17.8. The second-order valence-corrected chi connectivity index (χ2v) is 14.9. The molecular weight excluding hydrogens is 750 g/mol. The molecule has 0 aliphatic carbocycles. The Bertz CT molecular complexity index is 2370. The van der Waals surface area contributed by atoms with Crippen LogP contribution in [0.4, 0.5) is 20.6 Å². The Morgan fingerprint density at radius 2 is 1.72 bits per heavy atom. The molecule has 2 amide bonds. The normalized spacial score (nSPS) is 15.8. The first-order valence-corrected chi connectivity index (χ1v) is 19.0. The van der Waals surface area contributed by atoms with E-state index in [1.165, 1.54) is 12.1 Å². The van der Waals surface area contributed by atoms with Gasteiger partial charge < -0.3 is 29.4 Å². The number of fused-ring (bicyclic) bond motifs is 1. The number of benzene rings is 4. The van der Waals surface area contributed by atoms with Crippen molar-refractivity contribution in [3.8, 4) is 22.5 Å². The fourth-order valence-corrected chi connectivity index (χ4v) is 8.41. The van der Waals surface area contributed by atoms with Crippen molar-refractivity contribution in [2.45, 2.75) is 38.3 Å². The van der Waals surface area contributed by atoms with Gasteiger partial charge in [0.2, 0.25) is 0 Å². The maximum absolute atomic E-state index is 14.9. The summed E-state index contributed by atoms with van der Waals surface area (Å²) in [5, 5.41) is 5.30. The third kappa shape index (κ3) is 6.90. The lowest BCUT2D eigenvalue weighted by Crippen LogP contribution is -2.50. The van der Waals surface area contributed by atoms with Crippen LogP contribution >= 0.6 is 34.8 Å². The molecule has 0 saturated carbocycles. The van der Waals surface area contributed by atoms with Crippen LogP contribution in [0.25, 0.3) is 33.4 Å². The van der Waals surface area contributed by atoms with Crippen LogP contribution in [-0.2, 0) is 4.74 Å². The van der Waals surface area contributed by atoms with Gasteiger partial charge in [-0.2, -0.15) is 0 Å². The number of hydrogen-bond acceptors (Lipinski definition) is 5. The number of nitrogens with zero attached hydrogens (tertiary/aromatic N) is 4. The number of H-pyrrole nitrogens is 1. The third-order valence-corrected chi connectivity index (χ3v) is 11.1. The third-order valence-electron chi connectivity index (χ3n) is 10.4. The molecule has 54 heavy (non-hydrogen) atoms. The van der Waals surface area contributed by atoms with Crippen LogP contribution in [0.1, 0.15) is 48.3 Å². The molecule has 2 fully saturated rings. The van der Waals surface area contributed by atoms with E-state index in [9.17, 15) is 14.0 Å². The molecule has 2 N–H and O–H groups in total. The molecule has 0 spiro atoms. The number of aromatic amines is 1. The largest absolute Gasteiger partial charge is 0.449 e. The summed E-state index contributed by atoms with van der Waals surface area (Å²) in [5.74, 6) is -0.958. The summed E-state index contributed by atoms with van der Waals surface area (Å²) in [6.45, 7) is 4.37. The summed E-state index contributed by atoms with van der Waals surface area (Å²) in [5.41, 5.74) is 5.51. The maximum Gasteiger partial charge on any atom is 0.410 e. The number of amides is 2. The molecule has 2 aromatic heterocycles. The number of carbonyl (C=O) groups excluding carboxylic acids is 2. The van der Waals surface area contributed by atoms with Crippen LogP contribution in [0.5, 0.6) is 0 Å². The number of anilines is 2. The molecule has 13 heteroatoms. The van der Waals surface area contributed by atoms with E-state index in [0.717, 1.165) is 35.8 Å². The number of nitrogens with one attached hydrogen (secondary N) is 2. The van der Waals surface area contributed by atoms with Crippen LogP contribution in [0.15, 0.2) is 91.3 Å². The summed E-state index contributed by atoms with van der Waals surface area (Å²) in [4.78, 5) is 39.3. The average Bonchev–Trinajstić information content (AvgIpc) is 3.77. The maximum atomic E-state index is 14.9. The van der Waals surface area contributed by atoms with Crippen LogP contribution in [0.2, 0.25) is 15.1 Å². The van der Waals surface area contributed by atoms with Gasteiger partial charge in [0.25, 0.3) is 5.91 Å². The van der Waals surface area contributed by atoms with Crippen LogP contribution in [-0.4, -0.2) is 63.7 Å². The minimum absolute atomic E-state index is 0.0575. The van der Waals surface area contributed by atoms with Gasteiger partial charge in [0.15, 0.2) is 0 Å². The zero-order valence-corrected chi connectivity index (χ0v) is 31.6. The summed E-state index contributed by atoms with van der Waals surface area (Å²) < 4.78 is 22.2. The molecule has 276 valence electrons. The average molecular weight is 786 g/mol. The number of imidazole rings is 1. The fourth-order valence-electron chi connectivity index (χ4n) is 7.67. The smallest absolute Gasteiger partial charge is 0.410 e. The molecule has 2 saturated heterocycles. The lowest BCUT2D eigenvalue weighted by Gasteiger charge is -2.40. The molecule has 1 atom stereocenters. The predicted octanol–water partition coefficient (Wildman–Crippen LogP) is 10.5. The molecule has 2 aliphatic heterocycles. The quantitative estimate of drug-likeness (QED) is 0.160. The summed E-state index contributed by atoms with van der Waals surface area (Å²) in [6.07, 6.45) is 3.72. The number of piperidine rings is 1. The molecule has 2 aliphatic rings. The topological polar surface area (TPSA) is 95.5 Å². The van der Waals surface area contributed by atoms with Crippen molar-refractivity contribution in [3.63, 3.8) is 0 Å². The van der Waals surface area contributed by atoms with Gasteiger partial charge in [0.05, 0.1) is 41.7 Å². The van der Waals surface area contributed by atoms with Crippen LogP contribution < -0.4 is 10.2 Å². The van der Waals surface area contributed by atoms with Crippen LogP contribution in [0.3, 0.4) is 0 Å². The van der Waals surface area contributed by atoms with E-state index in [-0.39, 0.29) is 23.9 Å². The number of rotatable bonds is 8. The highest BCUT2D eigenvalue weighted by Crippen LogP contribution is 2.43. The van der Waals surface area contributed by atoms with Crippen molar-refractivity contribution in [3.05, 3.63) is 123 Å². The predicted molar refractivity (Wildman–Crippen MR) is 212 cm³/mol. The van der Waals surface area contributed by atoms with E-state index >= 15 is 0 Å². The van der Waals surface area contributed by atoms with Gasteiger partial charge in [0, 0.05) is 62.8 Å². The molecule has 0 radical (unpaired) electrons. The van der Waals surface area contributed by atoms with Crippen molar-refractivity contribution in [1.82, 2.24) is 19.4 Å². The lowest BCUT2D eigenvalue weighted by molar-refractivity contribution is 0.0499. The first-order chi connectivity index (χ1) is 26.2. The molecule has 0 unspecified atom stereocenters. The lowest BCUT2D eigenvalue weighted by atomic mass is 9.99. The Morgan fingerprint density at radius 3 is 2.48 bits per heavy atom. The highest BCUT2D eigenvalue weighted by molar-refractivity contribution is 6.35. The van der Waals surface area contributed by atoms with Gasteiger partial charge >= 0.3 is 6.09 Å². The Labute approximate surface area is 326 Å². The minimum Gasteiger partial charge on any atom is -0.449 e. The first kappa shape index (κ1) is 36.0. The molecule has 8 rings (SSSR count). The molecule has 9 nitrogen and oxygen atoms in total. The highest BCUT2D eigenvalue weighted by atomic mass is 35.5. The van der Waals surface area contributed by atoms with E-state index < -0.39 is 11.7 Å². The number of cyclic esters (lactones) is 1. The second-order valence-electron chi connectivity index (χ2n) is 13.6. The van der Waals surface area contributed by atoms with Gasteiger partial charge in [-0.3, -0.25) is 4.79 Å². The van der Waals surface area contributed by atoms with Crippen LogP contribution in [0, 0.1) is 5.82 Å². The number of ether oxygens (including phenoxy) is 1. The van der Waals surface area contributed by atoms with Gasteiger partial charge in [-0.1, -0.05) is 77.3 Å². The molecule has 6 aromatic rings. The SMILES string of the molecule is C[C@@H](c1ccc(Cl)cc1Cl)n1cnc(-c2ccccc2)c1-c1c(C(=O)Nc2cc(F)ccc2N2CCC(N3CCCOC3=O)CC2)[nH]c2cc(Cl)ccc12. The Kier molecular flexibility index (Phi) is 10.00. The molecule has 4 heterocycles. The van der Waals surface area contributed by atoms with Crippen molar-refractivity contribution < 1.29 is 18.7 Å². The van der Waals surface area contributed by atoms with E-state index in [1.54, 1.807) is 36.7 Å². The van der Waals surface area contributed by atoms with Gasteiger partial charge in [-0.15, -0.1) is 0 Å². The zero-order chi connectivity index (χ0) is 37.5. The highest BCUT2D eigenvalue weighted by Gasteiger charge is 2.32. The zero-order valence-electron chi connectivity index (χ0n) is 29.3. The monoisotopic (exact) mass is 784 g/mol. The van der Waals surface area contributed by atoms with E-state index in [1.807, 2.05) is 58.9 Å². The molecule has 4 aromatic carbocycles. The van der Waals surface area contributed by atoms with Crippen molar-refractivity contribution in [1.29, 1.82) is 0 Å². The van der Waals surface area contributed by atoms with Crippen molar-refractivity contribution in [2.75, 3.05) is 36.5 Å². The number of hydrogen-bond donors (Lipinski definition) is 2. The summed E-state index contributed by atoms with van der Waals surface area (Å²) >= 11 is 19.5. The molecule has 0 bridgehead atoms. The molecular formula is C41H36Cl3FN6O3. The van der Waals surface area contributed by atoms with Gasteiger partial charge in [-0.05, 0) is 74.2 Å². The minimum atomic E-state index is -0.484. The fraction of sp³-hybridized carbons (Fsp3) is 0.244. The standard InChI is InChI=1S/C41H36Cl3FN6O3/c1-24(30-11-8-26(42)20-32(30)44)51-23-46-37(25-6-3-2-4-7-25)39(51)36-31-12-9-27(43)21-33(31)47-38(36)40(52)48-34-22-28(45)10-13-35(34)49-17-14-29(15-18-49)50-16-5-19-54-41(50)53/h2-4,6-13,20-24,29,47H,5,14-19H2,1H3,(H,48,52)/t24-/m0/s1. The summed E-state index contributed by atoms with van der Waals surface area (Å²) in [7, 11) is 0. The van der Waals surface area contributed by atoms with Gasteiger partial charge in [-0.25, -0.2) is 14.2 Å². The second kappa shape index (κ2) is 15.0. The Hall–Kier alpha value is -5.03. The summed E-state index contributed by atoms with van der Waals surface area (Å²) in [6, 6.07) is 24.7. The van der Waals surface area contributed by atoms with E-state index in [4.69, 9.17) is 44.5 Å². The Balaban J connectivity index is 1.20. The van der Waals surface area contributed by atoms with Crippen molar-refractivity contribution in [2.24, 2.45) is 0 Å². The Morgan fingerprint density at radius 1 is 0.963 bits per heavy atom. The number of carbonyl (C=O) groups is 2. The van der Waals surface area contributed by atoms with Crippen molar-refractivity contribution >= 4 is 69.1 Å². The van der Waals surface area contributed by atoms with E-state index in [0.29, 0.717) is 75.2 Å². The van der Waals surface area contributed by atoms with Gasteiger partial charge in [0.1, 0.15) is 11.5 Å². The number of halogens is 4.